The van der Waals surface area contributed by atoms with Gasteiger partial charge in [-0.2, -0.15) is 0 Å². The predicted octanol–water partition coefficient (Wildman–Crippen LogP) is 1.57. The summed E-state index contributed by atoms with van der Waals surface area (Å²) in [7, 11) is 2.00. The van der Waals surface area contributed by atoms with E-state index < -0.39 is 0 Å². The molecule has 0 aromatic heterocycles. The van der Waals surface area contributed by atoms with Crippen LogP contribution in [0.4, 0.5) is 0 Å². The molecular formula is C12H25N2O. The Bertz CT molecular complexity index is 160. The van der Waals surface area contributed by atoms with Crippen molar-refractivity contribution in [3.05, 3.63) is 0 Å². The Morgan fingerprint density at radius 3 is 2.27 bits per heavy atom. The second-order valence-electron chi connectivity index (χ2n) is 4.49. The first-order valence-corrected chi connectivity index (χ1v) is 5.91. The second-order valence-corrected chi connectivity index (χ2v) is 4.49. The van der Waals surface area contributed by atoms with Crippen molar-refractivity contribution in [3.8, 4) is 0 Å². The van der Waals surface area contributed by atoms with Gasteiger partial charge in [-0.3, -0.25) is 9.69 Å². The zero-order chi connectivity index (χ0) is 11.7. The zero-order valence-corrected chi connectivity index (χ0v) is 10.3. The molecule has 1 atom stereocenters. The topological polar surface area (TPSA) is 46.3 Å². The van der Waals surface area contributed by atoms with E-state index in [1.165, 1.54) is 12.8 Å². The predicted molar refractivity (Wildman–Crippen MR) is 64.5 cm³/mol. The Labute approximate surface area is 94.0 Å². The molecule has 2 N–H and O–H groups in total. The van der Waals surface area contributed by atoms with Crippen molar-refractivity contribution < 1.29 is 4.79 Å². The lowest BCUT2D eigenvalue weighted by Gasteiger charge is -2.25. The van der Waals surface area contributed by atoms with Crippen molar-refractivity contribution in [2.75, 3.05) is 20.1 Å². The van der Waals surface area contributed by atoms with Gasteiger partial charge in [0.1, 0.15) is 0 Å². The molecule has 0 rings (SSSR count). The summed E-state index contributed by atoms with van der Waals surface area (Å²) in [5.74, 6) is 0.344. The zero-order valence-electron chi connectivity index (χ0n) is 10.3. The van der Waals surface area contributed by atoms with Crippen molar-refractivity contribution in [3.63, 3.8) is 0 Å². The molecule has 0 fully saturated rings. The Hall–Kier alpha value is -0.410. The van der Waals surface area contributed by atoms with Gasteiger partial charge in [-0.1, -0.05) is 26.7 Å². The Morgan fingerprint density at radius 1 is 1.20 bits per heavy atom. The SMILES string of the molecule is CC(C)[C@@H]([C]=O)N(C)CCCCCCN. The summed E-state index contributed by atoms with van der Waals surface area (Å²) in [6, 6.07) is -0.0560. The third kappa shape index (κ3) is 6.63. The number of nitrogens with zero attached hydrogens (tertiary/aromatic N) is 1. The van der Waals surface area contributed by atoms with E-state index in [4.69, 9.17) is 5.73 Å². The maximum atomic E-state index is 10.7. The largest absolute Gasteiger partial charge is 0.330 e. The van der Waals surface area contributed by atoms with Crippen LogP contribution in [0.25, 0.3) is 0 Å². The molecule has 3 nitrogen and oxygen atoms in total. The van der Waals surface area contributed by atoms with Crippen molar-refractivity contribution in [1.29, 1.82) is 0 Å². The summed E-state index contributed by atoms with van der Waals surface area (Å²) in [6.45, 7) is 5.87. The van der Waals surface area contributed by atoms with Gasteiger partial charge in [-0.25, -0.2) is 0 Å². The van der Waals surface area contributed by atoms with Crippen LogP contribution in [0.1, 0.15) is 39.5 Å². The molecule has 0 heterocycles. The number of nitrogens with two attached hydrogens (primary N) is 1. The van der Waals surface area contributed by atoms with E-state index in [1.54, 1.807) is 0 Å². The molecule has 0 aromatic carbocycles. The third-order valence-electron chi connectivity index (χ3n) is 2.69. The Balaban J connectivity index is 3.62. The summed E-state index contributed by atoms with van der Waals surface area (Å²) in [6.07, 6.45) is 6.75. The number of hydrogen-bond donors (Lipinski definition) is 1. The molecule has 0 aliphatic heterocycles. The molecule has 0 saturated carbocycles. The molecule has 1 radical (unpaired) electrons. The van der Waals surface area contributed by atoms with Crippen molar-refractivity contribution >= 4 is 6.29 Å². The molecule has 0 aromatic rings. The summed E-state index contributed by atoms with van der Waals surface area (Å²) < 4.78 is 0. The highest BCUT2D eigenvalue weighted by molar-refractivity contribution is 5.58. The van der Waals surface area contributed by atoms with Gasteiger partial charge in [-0.15, -0.1) is 0 Å². The van der Waals surface area contributed by atoms with Gasteiger partial charge in [0.05, 0.1) is 6.04 Å². The van der Waals surface area contributed by atoms with Gasteiger partial charge in [0.15, 0.2) is 0 Å². The highest BCUT2D eigenvalue weighted by atomic mass is 16.1. The highest BCUT2D eigenvalue weighted by Crippen LogP contribution is 2.08. The number of unbranched alkanes of at least 4 members (excludes halogenated alkanes) is 3. The second kappa shape index (κ2) is 8.86. The highest BCUT2D eigenvalue weighted by Gasteiger charge is 2.17. The Kier molecular flexibility index (Phi) is 8.62. The van der Waals surface area contributed by atoms with E-state index >= 15 is 0 Å². The van der Waals surface area contributed by atoms with Gasteiger partial charge in [0.25, 0.3) is 0 Å². The van der Waals surface area contributed by atoms with Crippen LogP contribution in [-0.4, -0.2) is 37.4 Å². The monoisotopic (exact) mass is 213 g/mol. The summed E-state index contributed by atoms with van der Waals surface area (Å²) in [5.41, 5.74) is 5.42. The molecule has 0 aliphatic rings. The lowest BCUT2D eigenvalue weighted by atomic mass is 10.0. The van der Waals surface area contributed by atoms with Crippen LogP contribution in [0.5, 0.6) is 0 Å². The molecule has 89 valence electrons. The Morgan fingerprint density at radius 2 is 1.80 bits per heavy atom. The molecule has 15 heavy (non-hydrogen) atoms. The maximum absolute atomic E-state index is 10.7. The van der Waals surface area contributed by atoms with E-state index in [1.807, 2.05) is 7.05 Å². The fraction of sp³-hybridized carbons (Fsp3) is 0.917. The summed E-state index contributed by atoms with van der Waals surface area (Å²) in [5, 5.41) is 0. The lowest BCUT2D eigenvalue weighted by Crippen LogP contribution is -2.37. The number of hydrogen-bond acceptors (Lipinski definition) is 3. The van der Waals surface area contributed by atoms with Crippen molar-refractivity contribution in [1.82, 2.24) is 4.90 Å². The van der Waals surface area contributed by atoms with Crippen molar-refractivity contribution in [2.45, 2.75) is 45.6 Å². The smallest absolute Gasteiger partial charge is 0.217 e. The molecular weight excluding hydrogens is 188 g/mol. The first-order valence-electron chi connectivity index (χ1n) is 5.91. The van der Waals surface area contributed by atoms with Crippen LogP contribution in [0.15, 0.2) is 0 Å². The van der Waals surface area contributed by atoms with Crippen LogP contribution in [0.2, 0.25) is 0 Å². The van der Waals surface area contributed by atoms with Gasteiger partial charge >= 0.3 is 0 Å². The lowest BCUT2D eigenvalue weighted by molar-refractivity contribution is 0.237. The van der Waals surface area contributed by atoms with Crippen LogP contribution < -0.4 is 5.73 Å². The van der Waals surface area contributed by atoms with Crippen molar-refractivity contribution in [2.24, 2.45) is 11.7 Å². The maximum Gasteiger partial charge on any atom is 0.217 e. The minimum Gasteiger partial charge on any atom is -0.330 e. The van der Waals surface area contributed by atoms with Crippen LogP contribution in [0, 0.1) is 5.92 Å². The third-order valence-corrected chi connectivity index (χ3v) is 2.69. The van der Waals surface area contributed by atoms with Crippen LogP contribution in [0.3, 0.4) is 0 Å². The molecule has 0 unspecified atom stereocenters. The molecule has 0 bridgehead atoms. The molecule has 0 aliphatic carbocycles. The normalized spacial score (nSPS) is 13.5. The quantitative estimate of drug-likeness (QED) is 0.591. The molecule has 0 amide bonds. The first-order chi connectivity index (χ1) is 7.13. The standard InChI is InChI=1S/C12H25N2O/c1-11(2)12(10-15)14(3)9-7-5-4-6-8-13/h11-12H,4-9,13H2,1-3H3/t12-/m1/s1. The molecule has 3 heteroatoms. The average molecular weight is 213 g/mol. The van der Waals surface area contributed by atoms with E-state index in [0.717, 1.165) is 25.9 Å². The van der Waals surface area contributed by atoms with E-state index in [-0.39, 0.29) is 6.04 Å². The fourth-order valence-electron chi connectivity index (χ4n) is 1.73. The van der Waals surface area contributed by atoms with Gasteiger partial charge in [0, 0.05) is 0 Å². The van der Waals surface area contributed by atoms with E-state index in [0.29, 0.717) is 5.92 Å². The van der Waals surface area contributed by atoms with E-state index in [2.05, 4.69) is 25.0 Å². The van der Waals surface area contributed by atoms with Crippen LogP contribution >= 0.6 is 0 Å². The average Bonchev–Trinajstić information content (AvgIpc) is 2.18. The van der Waals surface area contributed by atoms with Crippen LogP contribution in [-0.2, 0) is 4.79 Å². The fourth-order valence-corrected chi connectivity index (χ4v) is 1.73. The number of carbonyl (C=O) groups excluding carboxylic acids is 1. The first kappa shape index (κ1) is 14.6. The number of rotatable bonds is 9. The minimum atomic E-state index is -0.0560. The summed E-state index contributed by atoms with van der Waals surface area (Å²) in [4.78, 5) is 12.8. The molecule has 0 saturated heterocycles. The van der Waals surface area contributed by atoms with Gasteiger partial charge in [0.2, 0.25) is 6.29 Å². The summed E-state index contributed by atoms with van der Waals surface area (Å²) >= 11 is 0. The van der Waals surface area contributed by atoms with E-state index in [9.17, 15) is 4.79 Å². The van der Waals surface area contributed by atoms with Gasteiger partial charge in [-0.05, 0) is 38.9 Å². The van der Waals surface area contributed by atoms with Gasteiger partial charge < -0.3 is 5.73 Å². The number of likely N-dealkylation sites (N-methyl/N-ethyl adjacent to an activating group) is 1. The minimum absolute atomic E-state index is 0.0560. The molecule has 0 spiro atoms.